The van der Waals surface area contributed by atoms with Gasteiger partial charge in [0.1, 0.15) is 0 Å². The first kappa shape index (κ1) is 14.3. The van der Waals surface area contributed by atoms with E-state index in [9.17, 15) is 4.79 Å². The van der Waals surface area contributed by atoms with Crippen LogP contribution in [0.15, 0.2) is 35.3 Å². The summed E-state index contributed by atoms with van der Waals surface area (Å²) in [4.78, 5) is 20.2. The molecular weight excluding hydrogens is 292 g/mol. The Morgan fingerprint density at radius 3 is 2.91 bits per heavy atom. The van der Waals surface area contributed by atoms with Crippen molar-refractivity contribution in [2.24, 2.45) is 5.92 Å². The summed E-state index contributed by atoms with van der Waals surface area (Å²) in [5.74, 6) is 1.20. The number of rotatable bonds is 4. The maximum absolute atomic E-state index is 12.6. The third-order valence-electron chi connectivity index (χ3n) is 4.60. The zero-order chi connectivity index (χ0) is 15.6. The van der Waals surface area contributed by atoms with Gasteiger partial charge < -0.3 is 9.72 Å². The minimum atomic E-state index is -0.0175. The van der Waals surface area contributed by atoms with Gasteiger partial charge in [-0.1, -0.05) is 12.1 Å². The highest BCUT2D eigenvalue weighted by Gasteiger charge is 2.16. The molecule has 4 rings (SSSR count). The average molecular weight is 312 g/mol. The zero-order valence-corrected chi connectivity index (χ0v) is 12.9. The van der Waals surface area contributed by atoms with Crippen LogP contribution in [0.2, 0.25) is 0 Å². The van der Waals surface area contributed by atoms with E-state index in [1.165, 1.54) is 4.68 Å². The maximum atomic E-state index is 12.6. The first-order valence-corrected chi connectivity index (χ1v) is 8.13. The minimum Gasteiger partial charge on any atom is -0.381 e. The molecule has 2 N–H and O–H groups in total. The predicted octanol–water partition coefficient (Wildman–Crippen LogP) is 2.40. The van der Waals surface area contributed by atoms with Crippen molar-refractivity contribution >= 4 is 11.0 Å². The lowest BCUT2D eigenvalue weighted by Gasteiger charge is -2.21. The van der Waals surface area contributed by atoms with Crippen LogP contribution in [0.3, 0.4) is 0 Å². The fourth-order valence-corrected chi connectivity index (χ4v) is 3.18. The third kappa shape index (κ3) is 2.82. The number of aromatic amines is 2. The molecule has 3 aromatic rings. The molecule has 1 aliphatic rings. The average Bonchev–Trinajstić information content (AvgIpc) is 3.17. The first-order chi connectivity index (χ1) is 11.3. The number of hydrogen-bond acceptors (Lipinski definition) is 3. The van der Waals surface area contributed by atoms with Crippen molar-refractivity contribution in [2.45, 2.75) is 25.7 Å². The molecule has 6 nitrogen and oxygen atoms in total. The van der Waals surface area contributed by atoms with Crippen LogP contribution in [0.4, 0.5) is 0 Å². The van der Waals surface area contributed by atoms with E-state index in [0.717, 1.165) is 55.5 Å². The topological polar surface area (TPSA) is 75.7 Å². The Bertz CT molecular complexity index is 822. The van der Waals surface area contributed by atoms with Crippen molar-refractivity contribution in [3.63, 3.8) is 0 Å². The van der Waals surface area contributed by atoms with Crippen LogP contribution in [0, 0.1) is 5.92 Å². The molecule has 0 aliphatic carbocycles. The molecule has 0 radical (unpaired) electrons. The Morgan fingerprint density at radius 2 is 2.09 bits per heavy atom. The number of nitrogens with zero attached hydrogens (tertiary/aromatic N) is 2. The van der Waals surface area contributed by atoms with E-state index in [4.69, 9.17) is 4.74 Å². The quantitative estimate of drug-likeness (QED) is 0.776. The van der Waals surface area contributed by atoms with Crippen molar-refractivity contribution in [3.05, 3.63) is 46.4 Å². The molecule has 0 unspecified atom stereocenters. The summed E-state index contributed by atoms with van der Waals surface area (Å²) in [6.07, 6.45) is 5.84. The standard InChI is InChI=1S/C17H20N4O2/c22-16-13(6-5-12-7-9-23-10-8-12)11-18-21(16)17-19-14-3-1-2-4-15(14)20-17/h1-4,11-12,18H,5-10H2,(H,19,20). The molecule has 1 aliphatic heterocycles. The lowest BCUT2D eigenvalue weighted by atomic mass is 9.93. The Balaban J connectivity index is 1.54. The number of nitrogens with one attached hydrogen (secondary N) is 2. The molecule has 3 heterocycles. The van der Waals surface area contributed by atoms with Gasteiger partial charge in [0, 0.05) is 25.0 Å². The summed E-state index contributed by atoms with van der Waals surface area (Å²) >= 11 is 0. The molecule has 1 fully saturated rings. The van der Waals surface area contributed by atoms with Gasteiger partial charge in [-0.2, -0.15) is 4.68 Å². The molecule has 6 heteroatoms. The molecule has 23 heavy (non-hydrogen) atoms. The van der Waals surface area contributed by atoms with Gasteiger partial charge in [0.25, 0.3) is 5.56 Å². The smallest absolute Gasteiger partial charge is 0.276 e. The largest absolute Gasteiger partial charge is 0.381 e. The number of aryl methyl sites for hydroxylation is 1. The van der Waals surface area contributed by atoms with Crippen molar-refractivity contribution < 1.29 is 4.74 Å². The van der Waals surface area contributed by atoms with Crippen LogP contribution in [-0.4, -0.2) is 33.0 Å². The monoisotopic (exact) mass is 312 g/mol. The molecule has 120 valence electrons. The lowest BCUT2D eigenvalue weighted by molar-refractivity contribution is 0.0640. The highest BCUT2D eigenvalue weighted by Crippen LogP contribution is 2.20. The molecule has 1 aromatic carbocycles. The van der Waals surface area contributed by atoms with Crippen molar-refractivity contribution in [1.82, 2.24) is 19.7 Å². The molecule has 1 saturated heterocycles. The second kappa shape index (κ2) is 6.04. The van der Waals surface area contributed by atoms with Gasteiger partial charge in [-0.25, -0.2) is 4.98 Å². The molecule has 0 atom stereocenters. The van der Waals surface area contributed by atoms with Crippen LogP contribution in [0.1, 0.15) is 24.8 Å². The van der Waals surface area contributed by atoms with Crippen LogP contribution in [0.25, 0.3) is 17.0 Å². The molecule has 0 bridgehead atoms. The van der Waals surface area contributed by atoms with Crippen LogP contribution in [-0.2, 0) is 11.2 Å². The van der Waals surface area contributed by atoms with E-state index < -0.39 is 0 Å². The van der Waals surface area contributed by atoms with Gasteiger partial charge in [-0.15, -0.1) is 0 Å². The summed E-state index contributed by atoms with van der Waals surface area (Å²) in [5.41, 5.74) is 2.58. The van der Waals surface area contributed by atoms with E-state index in [1.54, 1.807) is 6.20 Å². The maximum Gasteiger partial charge on any atom is 0.276 e. The van der Waals surface area contributed by atoms with Gasteiger partial charge in [0.2, 0.25) is 5.95 Å². The van der Waals surface area contributed by atoms with E-state index in [1.807, 2.05) is 24.3 Å². The fraction of sp³-hybridized carbons (Fsp3) is 0.412. The predicted molar refractivity (Wildman–Crippen MR) is 87.9 cm³/mol. The van der Waals surface area contributed by atoms with E-state index in [2.05, 4.69) is 15.1 Å². The summed E-state index contributed by atoms with van der Waals surface area (Å²) in [6, 6.07) is 7.76. The van der Waals surface area contributed by atoms with Gasteiger partial charge in [-0.3, -0.25) is 9.89 Å². The molecule has 0 saturated carbocycles. The Morgan fingerprint density at radius 1 is 1.26 bits per heavy atom. The van der Waals surface area contributed by atoms with Crippen molar-refractivity contribution in [3.8, 4) is 5.95 Å². The zero-order valence-electron chi connectivity index (χ0n) is 12.9. The van der Waals surface area contributed by atoms with Crippen molar-refractivity contribution in [1.29, 1.82) is 0 Å². The van der Waals surface area contributed by atoms with Crippen LogP contribution in [0.5, 0.6) is 0 Å². The molecule has 0 amide bonds. The number of ether oxygens (including phenoxy) is 1. The number of imidazole rings is 1. The third-order valence-corrected chi connectivity index (χ3v) is 4.60. The normalized spacial score (nSPS) is 16.2. The number of H-pyrrole nitrogens is 2. The van der Waals surface area contributed by atoms with E-state index in [-0.39, 0.29) is 5.56 Å². The Kier molecular flexibility index (Phi) is 3.75. The van der Waals surface area contributed by atoms with Crippen molar-refractivity contribution in [2.75, 3.05) is 13.2 Å². The summed E-state index contributed by atoms with van der Waals surface area (Å²) in [5, 5.41) is 3.02. The van der Waals surface area contributed by atoms with E-state index in [0.29, 0.717) is 11.9 Å². The van der Waals surface area contributed by atoms with Gasteiger partial charge >= 0.3 is 0 Å². The summed E-state index contributed by atoms with van der Waals surface area (Å²) in [7, 11) is 0. The number of fused-ring (bicyclic) bond motifs is 1. The highest BCUT2D eigenvalue weighted by atomic mass is 16.5. The second-order valence-electron chi connectivity index (χ2n) is 6.11. The van der Waals surface area contributed by atoms with Crippen LogP contribution >= 0.6 is 0 Å². The summed E-state index contributed by atoms with van der Waals surface area (Å²) < 4.78 is 6.87. The number of aromatic nitrogens is 4. The SMILES string of the molecule is O=c1c(CCC2CCOCC2)c[nH]n1-c1nc2ccccc2[nH]1. The fourth-order valence-electron chi connectivity index (χ4n) is 3.18. The number of para-hydroxylation sites is 2. The number of benzene rings is 1. The minimum absolute atomic E-state index is 0.0175. The van der Waals surface area contributed by atoms with Gasteiger partial charge in [0.05, 0.1) is 11.0 Å². The Labute approximate surface area is 133 Å². The molecule has 0 spiro atoms. The lowest BCUT2D eigenvalue weighted by Crippen LogP contribution is -2.20. The van der Waals surface area contributed by atoms with Gasteiger partial charge in [-0.05, 0) is 43.7 Å². The molecule has 2 aromatic heterocycles. The Hall–Kier alpha value is -2.34. The highest BCUT2D eigenvalue weighted by molar-refractivity contribution is 5.75. The summed E-state index contributed by atoms with van der Waals surface area (Å²) in [6.45, 7) is 1.70. The second-order valence-corrected chi connectivity index (χ2v) is 6.11. The van der Waals surface area contributed by atoms with Gasteiger partial charge in [0.15, 0.2) is 0 Å². The van der Waals surface area contributed by atoms with Crippen LogP contribution < -0.4 is 5.56 Å². The molecular formula is C17H20N4O2. The first-order valence-electron chi connectivity index (χ1n) is 8.13. The number of hydrogen-bond donors (Lipinski definition) is 2. The van der Waals surface area contributed by atoms with E-state index >= 15 is 0 Å².